The van der Waals surface area contributed by atoms with Crippen LogP contribution in [0.3, 0.4) is 0 Å². The van der Waals surface area contributed by atoms with E-state index in [1.165, 1.54) is 18.2 Å². The van der Waals surface area contributed by atoms with Crippen LogP contribution in [0, 0.1) is 0 Å². The number of aromatic hydroxyl groups is 1. The van der Waals surface area contributed by atoms with Crippen molar-refractivity contribution >= 4 is 33.6 Å². The molecule has 0 bridgehead atoms. The van der Waals surface area contributed by atoms with E-state index in [2.05, 4.69) is 4.74 Å². The second-order valence-corrected chi connectivity index (χ2v) is 4.92. The number of amides is 1. The second kappa shape index (κ2) is 5.78. The average molecular weight is 295 g/mol. The first-order chi connectivity index (χ1) is 8.34. The van der Waals surface area contributed by atoms with Gasteiger partial charge in [0.25, 0.3) is 0 Å². The fourth-order valence-electron chi connectivity index (χ4n) is 1.02. The number of halogens is 1. The highest BCUT2D eigenvalue weighted by Gasteiger charge is 2.15. The van der Waals surface area contributed by atoms with Gasteiger partial charge < -0.3 is 9.84 Å². The van der Waals surface area contributed by atoms with E-state index < -0.39 is 16.3 Å². The normalized spacial score (nSPS) is 10.8. The van der Waals surface area contributed by atoms with E-state index in [-0.39, 0.29) is 23.1 Å². The maximum atomic E-state index is 11.5. The fourth-order valence-corrected chi connectivity index (χ4v) is 1.97. The molecule has 1 aromatic rings. The zero-order valence-corrected chi connectivity index (χ0v) is 10.9. The van der Waals surface area contributed by atoms with Crippen molar-refractivity contribution in [2.45, 2.75) is 6.92 Å². The van der Waals surface area contributed by atoms with Crippen LogP contribution in [0.1, 0.15) is 6.92 Å². The largest absolute Gasteiger partial charge is 0.506 e. The molecule has 1 amide bonds. The number of carbonyl (C=O) groups excluding carboxylic acids is 1. The standard InChI is InChI=1S/C9H11ClN2O5S/c1-2-17-9(14)12-18(15,16)11-6-3-4-8(13)7(10)5-6/h3-5,11,13H,2H2,1H3,(H,12,14). The number of carbonyl (C=O) groups is 1. The molecule has 1 aromatic carbocycles. The minimum absolute atomic E-state index is 0.0219. The maximum absolute atomic E-state index is 11.5. The Morgan fingerprint density at radius 1 is 1.50 bits per heavy atom. The third kappa shape index (κ3) is 4.30. The topological polar surface area (TPSA) is 105 Å². The first kappa shape index (κ1) is 14.4. The molecule has 0 unspecified atom stereocenters. The number of hydrogen-bond acceptors (Lipinski definition) is 5. The second-order valence-electron chi connectivity index (χ2n) is 3.09. The summed E-state index contributed by atoms with van der Waals surface area (Å²) in [5.41, 5.74) is 0.0922. The van der Waals surface area contributed by atoms with Crippen molar-refractivity contribution in [1.29, 1.82) is 0 Å². The number of phenols is 1. The molecule has 100 valence electrons. The summed E-state index contributed by atoms with van der Waals surface area (Å²) in [6, 6.07) is 3.69. The number of ether oxygens (including phenoxy) is 1. The zero-order valence-electron chi connectivity index (χ0n) is 9.31. The maximum Gasteiger partial charge on any atom is 0.422 e. The predicted molar refractivity (Wildman–Crippen MR) is 65.8 cm³/mol. The van der Waals surface area contributed by atoms with Crippen LogP contribution < -0.4 is 9.44 Å². The van der Waals surface area contributed by atoms with E-state index in [0.717, 1.165) is 0 Å². The van der Waals surface area contributed by atoms with Gasteiger partial charge in [0.15, 0.2) is 0 Å². The lowest BCUT2D eigenvalue weighted by Crippen LogP contribution is -2.35. The first-order valence-corrected chi connectivity index (χ1v) is 6.66. The summed E-state index contributed by atoms with van der Waals surface area (Å²) >= 11 is 5.60. The molecule has 0 aliphatic heterocycles. The minimum Gasteiger partial charge on any atom is -0.506 e. The van der Waals surface area contributed by atoms with Crippen LogP contribution in [-0.2, 0) is 14.9 Å². The van der Waals surface area contributed by atoms with Crippen LogP contribution in [0.5, 0.6) is 5.75 Å². The Morgan fingerprint density at radius 3 is 2.72 bits per heavy atom. The van der Waals surface area contributed by atoms with Gasteiger partial charge in [0.2, 0.25) is 0 Å². The van der Waals surface area contributed by atoms with Crippen molar-refractivity contribution in [3.8, 4) is 5.75 Å². The average Bonchev–Trinajstić information content (AvgIpc) is 2.22. The number of benzene rings is 1. The summed E-state index contributed by atoms with van der Waals surface area (Å²) in [7, 11) is -4.10. The summed E-state index contributed by atoms with van der Waals surface area (Å²) < 4.78 is 31.0. The molecule has 9 heteroatoms. The van der Waals surface area contributed by atoms with Gasteiger partial charge in [-0.15, -0.1) is 0 Å². The van der Waals surface area contributed by atoms with E-state index in [1.807, 2.05) is 4.72 Å². The van der Waals surface area contributed by atoms with Gasteiger partial charge in [-0.25, -0.2) is 9.52 Å². The summed E-state index contributed by atoms with van der Waals surface area (Å²) in [5, 5.41) is 9.14. The molecule has 0 aliphatic rings. The van der Waals surface area contributed by atoms with E-state index in [4.69, 9.17) is 16.7 Å². The Bertz CT molecular complexity index is 546. The number of nitrogens with one attached hydrogen (secondary N) is 2. The molecule has 3 N–H and O–H groups in total. The van der Waals surface area contributed by atoms with Gasteiger partial charge in [-0.2, -0.15) is 8.42 Å². The monoisotopic (exact) mass is 294 g/mol. The van der Waals surface area contributed by atoms with Crippen molar-refractivity contribution in [3.63, 3.8) is 0 Å². The van der Waals surface area contributed by atoms with Crippen LogP contribution in [0.25, 0.3) is 0 Å². The Kier molecular flexibility index (Phi) is 4.62. The van der Waals surface area contributed by atoms with Crippen LogP contribution in [0.4, 0.5) is 10.5 Å². The highest BCUT2D eigenvalue weighted by Crippen LogP contribution is 2.26. The van der Waals surface area contributed by atoms with Crippen LogP contribution in [-0.4, -0.2) is 26.2 Å². The number of hydrogen-bond donors (Lipinski definition) is 3. The molecule has 0 fully saturated rings. The molecule has 0 saturated carbocycles. The quantitative estimate of drug-likeness (QED) is 0.729. The fraction of sp³-hybridized carbons (Fsp3) is 0.222. The molecular weight excluding hydrogens is 284 g/mol. The molecule has 0 aliphatic carbocycles. The molecule has 7 nitrogen and oxygen atoms in total. The molecular formula is C9H11ClN2O5S. The van der Waals surface area contributed by atoms with Crippen molar-refractivity contribution in [1.82, 2.24) is 4.72 Å². The van der Waals surface area contributed by atoms with Crippen LogP contribution in [0.2, 0.25) is 5.02 Å². The molecule has 0 saturated heterocycles. The Morgan fingerprint density at radius 2 is 2.17 bits per heavy atom. The lowest BCUT2D eigenvalue weighted by molar-refractivity contribution is 0.159. The van der Waals surface area contributed by atoms with Crippen molar-refractivity contribution in [2.24, 2.45) is 0 Å². The van der Waals surface area contributed by atoms with Crippen molar-refractivity contribution in [2.75, 3.05) is 11.3 Å². The SMILES string of the molecule is CCOC(=O)NS(=O)(=O)Nc1ccc(O)c(Cl)c1. The van der Waals surface area contributed by atoms with Gasteiger partial charge >= 0.3 is 16.3 Å². The highest BCUT2D eigenvalue weighted by molar-refractivity contribution is 7.91. The lowest BCUT2D eigenvalue weighted by atomic mass is 10.3. The number of phenolic OH excluding ortho intramolecular Hbond substituents is 1. The number of rotatable bonds is 4. The van der Waals surface area contributed by atoms with Gasteiger partial charge in [-0.3, -0.25) is 4.72 Å². The molecule has 0 spiro atoms. The van der Waals surface area contributed by atoms with Crippen LogP contribution in [0.15, 0.2) is 18.2 Å². The zero-order chi connectivity index (χ0) is 13.8. The van der Waals surface area contributed by atoms with Gasteiger partial charge in [-0.1, -0.05) is 11.6 Å². The number of anilines is 1. The van der Waals surface area contributed by atoms with Gasteiger partial charge in [-0.05, 0) is 25.1 Å². The summed E-state index contributed by atoms with van der Waals surface area (Å²) in [6.07, 6.45) is -1.09. The van der Waals surface area contributed by atoms with Gasteiger partial charge in [0.1, 0.15) is 5.75 Å². The van der Waals surface area contributed by atoms with E-state index in [0.29, 0.717) is 0 Å². The summed E-state index contributed by atoms with van der Waals surface area (Å²) in [4.78, 5) is 11.0. The summed E-state index contributed by atoms with van der Waals surface area (Å²) in [6.45, 7) is 1.59. The molecule has 18 heavy (non-hydrogen) atoms. The molecule has 0 atom stereocenters. The third-order valence-electron chi connectivity index (χ3n) is 1.69. The van der Waals surface area contributed by atoms with Crippen molar-refractivity contribution < 1.29 is 23.1 Å². The van der Waals surface area contributed by atoms with E-state index >= 15 is 0 Å². The van der Waals surface area contributed by atoms with Crippen molar-refractivity contribution in [3.05, 3.63) is 23.2 Å². The van der Waals surface area contributed by atoms with E-state index in [1.54, 1.807) is 11.6 Å². The van der Waals surface area contributed by atoms with E-state index in [9.17, 15) is 13.2 Å². The first-order valence-electron chi connectivity index (χ1n) is 4.80. The Balaban J connectivity index is 2.76. The molecule has 1 rings (SSSR count). The smallest absolute Gasteiger partial charge is 0.422 e. The van der Waals surface area contributed by atoms with Crippen LogP contribution >= 0.6 is 11.6 Å². The predicted octanol–water partition coefficient (Wildman–Crippen LogP) is 1.45. The molecule has 0 radical (unpaired) electrons. The van der Waals surface area contributed by atoms with Gasteiger partial charge in [0.05, 0.1) is 17.3 Å². The highest BCUT2D eigenvalue weighted by atomic mass is 35.5. The minimum atomic E-state index is -4.10. The Labute approximate surface area is 109 Å². The Hall–Kier alpha value is -1.67. The molecule has 0 aromatic heterocycles. The lowest BCUT2D eigenvalue weighted by Gasteiger charge is -2.09. The third-order valence-corrected chi connectivity index (χ3v) is 2.94. The molecule has 0 heterocycles. The van der Waals surface area contributed by atoms with Gasteiger partial charge in [0, 0.05) is 0 Å². The summed E-state index contributed by atoms with van der Waals surface area (Å²) in [5.74, 6) is -0.182.